The number of para-hydroxylation sites is 1. The van der Waals surface area contributed by atoms with E-state index in [4.69, 9.17) is 5.26 Å². The Hall–Kier alpha value is -3.34. The lowest BCUT2D eigenvalue weighted by Gasteiger charge is -2.13. The lowest BCUT2D eigenvalue weighted by molar-refractivity contribution is -0.137. The van der Waals surface area contributed by atoms with Crippen molar-refractivity contribution in [2.24, 2.45) is 0 Å². The number of nitrogens with one attached hydrogen (secondary N) is 2. The van der Waals surface area contributed by atoms with Crippen LogP contribution in [0.3, 0.4) is 0 Å². The molecule has 2 N–H and O–H groups in total. The van der Waals surface area contributed by atoms with Crippen LogP contribution in [0.15, 0.2) is 60.3 Å². The fourth-order valence-corrected chi connectivity index (χ4v) is 2.26. The zero-order valence-corrected chi connectivity index (χ0v) is 14.0. The fraction of sp³-hybridized carbons (Fsp3) is 0.158. The van der Waals surface area contributed by atoms with Crippen LogP contribution in [-0.4, -0.2) is 12.5 Å². The van der Waals surface area contributed by atoms with Crippen molar-refractivity contribution in [3.05, 3.63) is 77.2 Å². The minimum atomic E-state index is -4.64. The van der Waals surface area contributed by atoms with Crippen molar-refractivity contribution in [3.8, 4) is 6.07 Å². The van der Waals surface area contributed by atoms with Crippen molar-refractivity contribution in [2.75, 3.05) is 11.9 Å². The minimum Gasteiger partial charge on any atom is -0.389 e. The predicted octanol–water partition coefficient (Wildman–Crippen LogP) is 4.02. The molecule has 0 spiro atoms. The maximum Gasteiger partial charge on any atom is 0.418 e. The molecular formula is C19H15F4N3O. The summed E-state index contributed by atoms with van der Waals surface area (Å²) in [5.41, 5.74) is -1.40. The molecular weight excluding hydrogens is 362 g/mol. The molecule has 140 valence electrons. The quantitative estimate of drug-likeness (QED) is 0.346. The maximum absolute atomic E-state index is 13.5. The Morgan fingerprint density at radius 2 is 1.78 bits per heavy atom. The lowest BCUT2D eigenvalue weighted by Crippen LogP contribution is -2.20. The molecule has 0 radical (unpaired) electrons. The van der Waals surface area contributed by atoms with Gasteiger partial charge < -0.3 is 10.6 Å². The van der Waals surface area contributed by atoms with Gasteiger partial charge in [-0.3, -0.25) is 4.79 Å². The zero-order valence-electron chi connectivity index (χ0n) is 14.0. The van der Waals surface area contributed by atoms with Gasteiger partial charge in [0.05, 0.1) is 11.3 Å². The Bertz CT molecular complexity index is 885. The maximum atomic E-state index is 13.5. The fourth-order valence-electron chi connectivity index (χ4n) is 2.26. The van der Waals surface area contributed by atoms with E-state index in [1.165, 1.54) is 18.2 Å². The molecule has 27 heavy (non-hydrogen) atoms. The summed E-state index contributed by atoms with van der Waals surface area (Å²) in [6.07, 6.45) is -3.24. The summed E-state index contributed by atoms with van der Waals surface area (Å²) >= 11 is 0. The van der Waals surface area contributed by atoms with Crippen LogP contribution in [0.5, 0.6) is 0 Å². The van der Waals surface area contributed by atoms with Crippen LogP contribution < -0.4 is 10.6 Å². The largest absolute Gasteiger partial charge is 0.418 e. The smallest absolute Gasteiger partial charge is 0.389 e. The number of carbonyl (C=O) groups excluding carboxylic acids is 1. The molecule has 0 aromatic heterocycles. The third-order valence-electron chi connectivity index (χ3n) is 3.59. The normalized spacial score (nSPS) is 11.6. The van der Waals surface area contributed by atoms with Crippen LogP contribution in [0.1, 0.15) is 11.1 Å². The highest BCUT2D eigenvalue weighted by Gasteiger charge is 2.33. The SMILES string of the molecule is N#C/C(=C/NCCc1ccccc1F)C(=O)Nc1ccccc1C(F)(F)F. The van der Waals surface area contributed by atoms with Gasteiger partial charge in [0.2, 0.25) is 0 Å². The first-order chi connectivity index (χ1) is 12.8. The Balaban J connectivity index is 2.01. The number of nitrogens with zero attached hydrogens (tertiary/aromatic N) is 1. The first-order valence-corrected chi connectivity index (χ1v) is 7.87. The molecule has 0 aliphatic heterocycles. The van der Waals surface area contributed by atoms with E-state index in [0.29, 0.717) is 12.0 Å². The minimum absolute atomic E-state index is 0.235. The van der Waals surface area contributed by atoms with E-state index >= 15 is 0 Å². The van der Waals surface area contributed by atoms with Gasteiger partial charge in [-0.2, -0.15) is 18.4 Å². The van der Waals surface area contributed by atoms with E-state index in [-0.39, 0.29) is 12.4 Å². The number of alkyl halides is 3. The van der Waals surface area contributed by atoms with Gasteiger partial charge in [0.25, 0.3) is 5.91 Å². The van der Waals surface area contributed by atoms with Gasteiger partial charge in [0.1, 0.15) is 17.5 Å². The molecule has 0 aliphatic carbocycles. The second-order valence-corrected chi connectivity index (χ2v) is 5.46. The highest BCUT2D eigenvalue weighted by molar-refractivity contribution is 6.06. The van der Waals surface area contributed by atoms with E-state index in [1.54, 1.807) is 24.3 Å². The molecule has 0 atom stereocenters. The topological polar surface area (TPSA) is 64.9 Å². The number of carbonyl (C=O) groups is 1. The van der Waals surface area contributed by atoms with Gasteiger partial charge in [0, 0.05) is 12.7 Å². The highest BCUT2D eigenvalue weighted by Crippen LogP contribution is 2.34. The van der Waals surface area contributed by atoms with Gasteiger partial charge in [-0.05, 0) is 30.2 Å². The first kappa shape index (κ1) is 20.0. The number of hydrogen-bond acceptors (Lipinski definition) is 3. The van der Waals surface area contributed by atoms with Crippen LogP contribution in [0.25, 0.3) is 0 Å². The van der Waals surface area contributed by atoms with E-state index < -0.39 is 28.9 Å². The van der Waals surface area contributed by atoms with Gasteiger partial charge >= 0.3 is 6.18 Å². The van der Waals surface area contributed by atoms with E-state index in [1.807, 2.05) is 0 Å². The number of halogens is 4. The summed E-state index contributed by atoms with van der Waals surface area (Å²) < 4.78 is 52.3. The molecule has 2 rings (SSSR count). The van der Waals surface area contributed by atoms with Crippen LogP contribution in [0, 0.1) is 17.1 Å². The molecule has 0 heterocycles. The standard InChI is InChI=1S/C19H15F4N3O/c20-16-7-3-1-5-13(16)9-10-25-12-14(11-24)18(27)26-17-8-4-2-6-15(17)19(21,22)23/h1-8,12,25H,9-10H2,(H,26,27)/b14-12-. The molecule has 0 unspecified atom stereocenters. The summed E-state index contributed by atoms with van der Waals surface area (Å²) in [6.45, 7) is 0.235. The molecule has 0 saturated carbocycles. The van der Waals surface area contributed by atoms with Gasteiger partial charge in [0.15, 0.2) is 0 Å². The number of hydrogen-bond donors (Lipinski definition) is 2. The van der Waals surface area contributed by atoms with E-state index in [0.717, 1.165) is 18.3 Å². The zero-order chi connectivity index (χ0) is 19.9. The second kappa shape index (κ2) is 8.85. The second-order valence-electron chi connectivity index (χ2n) is 5.46. The molecule has 8 heteroatoms. The summed E-state index contributed by atoms with van der Waals surface area (Å²) in [5, 5.41) is 13.8. The number of benzene rings is 2. The van der Waals surface area contributed by atoms with Crippen molar-refractivity contribution in [1.29, 1.82) is 5.26 Å². The summed E-state index contributed by atoms with van der Waals surface area (Å²) in [5.74, 6) is -1.35. The van der Waals surface area contributed by atoms with E-state index in [9.17, 15) is 22.4 Å². The Labute approximate surface area is 153 Å². The number of anilines is 1. The third kappa shape index (κ3) is 5.57. The first-order valence-electron chi connectivity index (χ1n) is 7.87. The van der Waals surface area contributed by atoms with Crippen molar-refractivity contribution in [3.63, 3.8) is 0 Å². The molecule has 2 aromatic carbocycles. The number of nitriles is 1. The summed E-state index contributed by atoms with van der Waals surface area (Å²) in [6, 6.07) is 12.3. The number of amides is 1. The molecule has 4 nitrogen and oxygen atoms in total. The van der Waals surface area contributed by atoms with Gasteiger partial charge in [-0.25, -0.2) is 4.39 Å². The van der Waals surface area contributed by atoms with Gasteiger partial charge in [-0.1, -0.05) is 30.3 Å². The highest BCUT2D eigenvalue weighted by atomic mass is 19.4. The van der Waals surface area contributed by atoms with Crippen LogP contribution in [-0.2, 0) is 17.4 Å². The molecule has 0 fully saturated rings. The molecule has 0 bridgehead atoms. The molecule has 0 aliphatic rings. The van der Waals surface area contributed by atoms with Crippen molar-refractivity contribution < 1.29 is 22.4 Å². The van der Waals surface area contributed by atoms with Crippen molar-refractivity contribution in [1.82, 2.24) is 5.32 Å². The van der Waals surface area contributed by atoms with Crippen LogP contribution >= 0.6 is 0 Å². The van der Waals surface area contributed by atoms with Gasteiger partial charge in [-0.15, -0.1) is 0 Å². The Kier molecular flexibility index (Phi) is 6.55. The third-order valence-corrected chi connectivity index (χ3v) is 3.59. The molecule has 1 amide bonds. The monoisotopic (exact) mass is 377 g/mol. The van der Waals surface area contributed by atoms with E-state index in [2.05, 4.69) is 10.6 Å². The van der Waals surface area contributed by atoms with Crippen molar-refractivity contribution in [2.45, 2.75) is 12.6 Å². The summed E-state index contributed by atoms with van der Waals surface area (Å²) in [4.78, 5) is 12.1. The molecule has 2 aromatic rings. The summed E-state index contributed by atoms with van der Waals surface area (Å²) in [7, 11) is 0. The predicted molar refractivity (Wildman–Crippen MR) is 91.9 cm³/mol. The number of rotatable bonds is 6. The molecule has 0 saturated heterocycles. The van der Waals surface area contributed by atoms with Crippen LogP contribution in [0.2, 0.25) is 0 Å². The Morgan fingerprint density at radius 1 is 1.11 bits per heavy atom. The average molecular weight is 377 g/mol. The average Bonchev–Trinajstić information content (AvgIpc) is 2.62. The van der Waals surface area contributed by atoms with Crippen LogP contribution in [0.4, 0.5) is 23.2 Å². The van der Waals surface area contributed by atoms with Crippen molar-refractivity contribution >= 4 is 11.6 Å². The Morgan fingerprint density at radius 3 is 2.44 bits per heavy atom. The lowest BCUT2D eigenvalue weighted by atomic mass is 10.1.